The van der Waals surface area contributed by atoms with Crippen molar-refractivity contribution in [1.29, 1.82) is 0 Å². The first-order chi connectivity index (χ1) is 13.7. The quantitative estimate of drug-likeness (QED) is 0.822. The molecule has 0 N–H and O–H groups in total. The van der Waals surface area contributed by atoms with Crippen molar-refractivity contribution in [3.63, 3.8) is 0 Å². The topological polar surface area (TPSA) is 45.7 Å². The fraction of sp³-hybridized carbons (Fsp3) is 0.478. The molecule has 2 fully saturated rings. The van der Waals surface area contributed by atoms with E-state index in [1.807, 2.05) is 12.3 Å². The van der Waals surface area contributed by atoms with E-state index in [1.54, 1.807) is 6.20 Å². The third-order valence-corrected chi connectivity index (χ3v) is 6.51. The van der Waals surface area contributed by atoms with Gasteiger partial charge >= 0.3 is 0 Å². The van der Waals surface area contributed by atoms with Gasteiger partial charge in [-0.25, -0.2) is 0 Å². The van der Waals surface area contributed by atoms with Crippen molar-refractivity contribution in [2.45, 2.75) is 38.8 Å². The predicted octanol–water partition coefficient (Wildman–Crippen LogP) is 3.03. The summed E-state index contributed by atoms with van der Waals surface area (Å²) in [5.74, 6) is 1.38. The molecule has 3 aliphatic heterocycles. The van der Waals surface area contributed by atoms with Gasteiger partial charge in [-0.3, -0.25) is 14.7 Å². The normalized spacial score (nSPS) is 24.6. The maximum atomic E-state index is 13.4. The number of carbonyl (C=O) groups excluding carboxylic acids is 1. The minimum atomic E-state index is -0.194. The van der Waals surface area contributed by atoms with Crippen molar-refractivity contribution < 1.29 is 9.53 Å². The number of amides is 1. The van der Waals surface area contributed by atoms with E-state index >= 15 is 0 Å². The highest BCUT2D eigenvalue weighted by Gasteiger charge is 2.48. The fourth-order valence-corrected chi connectivity index (χ4v) is 5.08. The van der Waals surface area contributed by atoms with Gasteiger partial charge in [0.1, 0.15) is 5.75 Å². The van der Waals surface area contributed by atoms with E-state index in [9.17, 15) is 4.79 Å². The molecule has 0 saturated carbocycles. The average Bonchev–Trinajstić information content (AvgIpc) is 3.34. The van der Waals surface area contributed by atoms with Crippen LogP contribution in [0.4, 0.5) is 0 Å². The van der Waals surface area contributed by atoms with Crippen LogP contribution in [0.3, 0.4) is 0 Å². The number of ether oxygens (including phenoxy) is 1. The second-order valence-electron chi connectivity index (χ2n) is 8.47. The lowest BCUT2D eigenvalue weighted by molar-refractivity contribution is -0.146. The number of benzene rings is 1. The summed E-state index contributed by atoms with van der Waals surface area (Å²) >= 11 is 0. The number of fused-ring (bicyclic) bond motifs is 1. The first kappa shape index (κ1) is 17.7. The van der Waals surface area contributed by atoms with E-state index in [1.165, 1.54) is 11.1 Å². The van der Waals surface area contributed by atoms with E-state index in [2.05, 4.69) is 39.0 Å². The molecule has 2 aromatic rings. The van der Waals surface area contributed by atoms with Crippen molar-refractivity contribution in [2.24, 2.45) is 5.41 Å². The van der Waals surface area contributed by atoms with Crippen LogP contribution in [-0.4, -0.2) is 46.9 Å². The standard InChI is InChI=1S/C23H27N3O2/c27-22-23(7-2-10-26(22)16-19-3-1-9-24-14-19)8-11-25(17-23)15-18-4-5-21-20(13-18)6-12-28-21/h1,3-5,9,13-14H,2,6-8,10-12,15-17H2. The Bertz CT molecular complexity index is 869. The van der Waals surface area contributed by atoms with E-state index < -0.39 is 0 Å². The maximum Gasteiger partial charge on any atom is 0.230 e. The lowest BCUT2D eigenvalue weighted by atomic mass is 9.78. The third kappa shape index (κ3) is 3.28. The van der Waals surface area contributed by atoms with E-state index in [-0.39, 0.29) is 5.41 Å². The highest BCUT2D eigenvalue weighted by atomic mass is 16.5. The molecule has 1 unspecified atom stereocenters. The molecule has 4 heterocycles. The molecule has 0 bridgehead atoms. The highest BCUT2D eigenvalue weighted by molar-refractivity contribution is 5.84. The monoisotopic (exact) mass is 377 g/mol. The lowest BCUT2D eigenvalue weighted by Crippen LogP contribution is -2.49. The number of pyridine rings is 1. The van der Waals surface area contributed by atoms with Gasteiger partial charge in [0.2, 0.25) is 5.91 Å². The summed E-state index contributed by atoms with van der Waals surface area (Å²) in [6.07, 6.45) is 7.74. The second kappa shape index (κ2) is 7.21. The zero-order valence-electron chi connectivity index (χ0n) is 16.3. The van der Waals surface area contributed by atoms with Crippen LogP contribution in [0.15, 0.2) is 42.7 Å². The van der Waals surface area contributed by atoms with Gasteiger partial charge in [0.05, 0.1) is 12.0 Å². The van der Waals surface area contributed by atoms with E-state index in [4.69, 9.17) is 4.74 Å². The van der Waals surface area contributed by atoms with Crippen LogP contribution in [0.5, 0.6) is 5.75 Å². The Labute approximate surface area is 166 Å². The number of piperidine rings is 1. The molecule has 28 heavy (non-hydrogen) atoms. The molecule has 1 atom stereocenters. The minimum absolute atomic E-state index is 0.194. The van der Waals surface area contributed by atoms with Gasteiger partial charge in [0, 0.05) is 45.0 Å². The Hall–Kier alpha value is -2.40. The van der Waals surface area contributed by atoms with Crippen LogP contribution < -0.4 is 4.74 Å². The van der Waals surface area contributed by atoms with Crippen molar-refractivity contribution in [3.8, 4) is 5.75 Å². The number of aromatic nitrogens is 1. The molecule has 1 aromatic carbocycles. The molecule has 5 nitrogen and oxygen atoms in total. The number of hydrogen-bond acceptors (Lipinski definition) is 4. The summed E-state index contributed by atoms with van der Waals surface area (Å²) in [7, 11) is 0. The van der Waals surface area contributed by atoms with Crippen molar-refractivity contribution >= 4 is 5.91 Å². The lowest BCUT2D eigenvalue weighted by Gasteiger charge is -2.39. The molecule has 5 heteroatoms. The molecule has 1 spiro atoms. The smallest absolute Gasteiger partial charge is 0.230 e. The van der Waals surface area contributed by atoms with E-state index in [0.29, 0.717) is 12.5 Å². The molecule has 5 rings (SSSR count). The molecule has 0 radical (unpaired) electrons. The minimum Gasteiger partial charge on any atom is -0.493 e. The van der Waals surface area contributed by atoms with Gasteiger partial charge in [-0.1, -0.05) is 18.2 Å². The molecule has 2 saturated heterocycles. The Kier molecular flexibility index (Phi) is 4.55. The molecule has 1 aromatic heterocycles. The van der Waals surface area contributed by atoms with Gasteiger partial charge < -0.3 is 9.64 Å². The van der Waals surface area contributed by atoms with Crippen molar-refractivity contribution in [1.82, 2.24) is 14.8 Å². The Balaban J connectivity index is 1.26. The number of carbonyl (C=O) groups is 1. The summed E-state index contributed by atoms with van der Waals surface area (Å²) in [5, 5.41) is 0. The van der Waals surface area contributed by atoms with Gasteiger partial charge in [0.25, 0.3) is 0 Å². The zero-order chi connectivity index (χ0) is 19.0. The first-order valence-corrected chi connectivity index (χ1v) is 10.4. The summed E-state index contributed by atoms with van der Waals surface area (Å²) < 4.78 is 5.62. The molecule has 3 aliphatic rings. The largest absolute Gasteiger partial charge is 0.493 e. The highest BCUT2D eigenvalue weighted by Crippen LogP contribution is 2.41. The van der Waals surface area contributed by atoms with Crippen LogP contribution in [0.25, 0.3) is 0 Å². The molecule has 146 valence electrons. The number of nitrogens with zero attached hydrogens (tertiary/aromatic N) is 3. The predicted molar refractivity (Wildman–Crippen MR) is 107 cm³/mol. The molecule has 1 amide bonds. The van der Waals surface area contributed by atoms with Gasteiger partial charge in [-0.2, -0.15) is 0 Å². The summed E-state index contributed by atoms with van der Waals surface area (Å²) in [4.78, 5) is 22.1. The molecule has 0 aliphatic carbocycles. The van der Waals surface area contributed by atoms with Crippen molar-refractivity contribution in [2.75, 3.05) is 26.2 Å². The van der Waals surface area contributed by atoms with Gasteiger partial charge in [-0.05, 0) is 54.6 Å². The Morgan fingerprint density at radius 3 is 2.96 bits per heavy atom. The van der Waals surface area contributed by atoms with Gasteiger partial charge in [0.15, 0.2) is 0 Å². The fourth-order valence-electron chi connectivity index (χ4n) is 5.08. The first-order valence-electron chi connectivity index (χ1n) is 10.4. The third-order valence-electron chi connectivity index (χ3n) is 6.51. The van der Waals surface area contributed by atoms with Crippen molar-refractivity contribution in [3.05, 3.63) is 59.4 Å². The Morgan fingerprint density at radius 2 is 2.07 bits per heavy atom. The van der Waals surface area contributed by atoms with Crippen LogP contribution >= 0.6 is 0 Å². The van der Waals surface area contributed by atoms with Crippen LogP contribution in [-0.2, 0) is 24.3 Å². The zero-order valence-corrected chi connectivity index (χ0v) is 16.3. The maximum absolute atomic E-state index is 13.4. The van der Waals surface area contributed by atoms with Crippen LogP contribution in [0.2, 0.25) is 0 Å². The van der Waals surface area contributed by atoms with Crippen LogP contribution in [0.1, 0.15) is 36.0 Å². The second-order valence-corrected chi connectivity index (χ2v) is 8.47. The number of rotatable bonds is 4. The molecular weight excluding hydrogens is 350 g/mol. The van der Waals surface area contributed by atoms with Crippen LogP contribution in [0, 0.1) is 5.41 Å². The Morgan fingerprint density at radius 1 is 1.11 bits per heavy atom. The number of hydrogen-bond donors (Lipinski definition) is 0. The average molecular weight is 377 g/mol. The SMILES string of the molecule is O=C1N(Cc2cccnc2)CCCC12CCN(Cc1ccc3c(c1)CCO3)C2. The summed E-state index contributed by atoms with van der Waals surface area (Å²) in [5.41, 5.74) is 3.57. The van der Waals surface area contributed by atoms with Gasteiger partial charge in [-0.15, -0.1) is 0 Å². The molecular formula is C23H27N3O2. The van der Waals surface area contributed by atoms with E-state index in [0.717, 1.165) is 69.8 Å². The summed E-state index contributed by atoms with van der Waals surface area (Å²) in [6.45, 7) is 5.14. The summed E-state index contributed by atoms with van der Waals surface area (Å²) in [6, 6.07) is 10.6. The number of likely N-dealkylation sites (tertiary alicyclic amines) is 2.